The third-order valence-electron chi connectivity index (χ3n) is 2.19. The van der Waals surface area contributed by atoms with E-state index in [1.54, 1.807) is 0 Å². The number of nitrogens with one attached hydrogen (secondary N) is 2. The van der Waals surface area contributed by atoms with Crippen LogP contribution in [0.2, 0.25) is 0 Å². The zero-order chi connectivity index (χ0) is 14.5. The molecule has 1 heterocycles. The minimum atomic E-state index is -3.17. The van der Waals surface area contributed by atoms with Crippen LogP contribution in [0.4, 0.5) is 11.5 Å². The molecule has 0 unspecified atom stereocenters. The molecule has 0 radical (unpaired) electrons. The van der Waals surface area contributed by atoms with Crippen LogP contribution in [-0.2, 0) is 10.0 Å². The number of nitrogens with zero attached hydrogens (tertiary/aromatic N) is 1. The number of aromatic nitrogens is 1. The molecule has 0 aliphatic rings. The van der Waals surface area contributed by atoms with Crippen LogP contribution in [-0.4, -0.2) is 38.7 Å². The summed E-state index contributed by atoms with van der Waals surface area (Å²) in [6.07, 6.45) is 1.64. The van der Waals surface area contributed by atoms with Gasteiger partial charge in [0.05, 0.1) is 11.9 Å². The first kappa shape index (κ1) is 15.2. The Balaban J connectivity index is 2.49. The van der Waals surface area contributed by atoms with E-state index in [-0.39, 0.29) is 5.69 Å². The highest BCUT2D eigenvalue weighted by Gasteiger charge is 2.06. The normalized spacial score (nSPS) is 11.2. The summed E-state index contributed by atoms with van der Waals surface area (Å²) in [6.45, 7) is 0.767. The summed E-state index contributed by atoms with van der Waals surface area (Å²) in [5, 5.41) is 2.92. The van der Waals surface area contributed by atoms with E-state index >= 15 is 0 Å². The summed E-state index contributed by atoms with van der Waals surface area (Å²) in [7, 11) is -3.17. The lowest BCUT2D eigenvalue weighted by Gasteiger charge is -2.09. The molecule has 0 fully saturated rings. The molecule has 6 N–H and O–H groups in total. The Morgan fingerprint density at radius 3 is 2.63 bits per heavy atom. The van der Waals surface area contributed by atoms with Crippen molar-refractivity contribution in [3.05, 3.63) is 17.8 Å². The lowest BCUT2D eigenvalue weighted by Crippen LogP contribution is -2.24. The number of carbonyl (C=O) groups is 1. The van der Waals surface area contributed by atoms with Gasteiger partial charge in [-0.25, -0.2) is 18.1 Å². The Bertz CT molecular complexity index is 558. The van der Waals surface area contributed by atoms with Crippen LogP contribution >= 0.6 is 0 Å². The van der Waals surface area contributed by atoms with E-state index < -0.39 is 15.9 Å². The van der Waals surface area contributed by atoms with Crippen molar-refractivity contribution in [1.29, 1.82) is 0 Å². The second-order valence-corrected chi connectivity index (χ2v) is 5.78. The Morgan fingerprint density at radius 1 is 1.37 bits per heavy atom. The van der Waals surface area contributed by atoms with Crippen LogP contribution in [0.3, 0.4) is 0 Å². The van der Waals surface area contributed by atoms with Gasteiger partial charge in [-0.2, -0.15) is 0 Å². The molecule has 0 saturated carbocycles. The van der Waals surface area contributed by atoms with Crippen molar-refractivity contribution in [2.45, 2.75) is 6.42 Å². The van der Waals surface area contributed by atoms with Crippen molar-refractivity contribution in [2.24, 2.45) is 5.73 Å². The summed E-state index contributed by atoms with van der Waals surface area (Å²) >= 11 is 0. The minimum absolute atomic E-state index is 0.117. The number of hydrogen-bond acceptors (Lipinski definition) is 6. The SMILES string of the molecule is CS(=O)(=O)NCCCNc1nc(C(N)=O)ccc1N. The molecule has 0 bridgehead atoms. The van der Waals surface area contributed by atoms with Crippen molar-refractivity contribution in [3.8, 4) is 0 Å². The number of rotatable bonds is 7. The fourth-order valence-electron chi connectivity index (χ4n) is 1.30. The van der Waals surface area contributed by atoms with E-state index in [4.69, 9.17) is 11.5 Å². The lowest BCUT2D eigenvalue weighted by molar-refractivity contribution is 0.0995. The Hall–Kier alpha value is -1.87. The number of sulfonamides is 1. The smallest absolute Gasteiger partial charge is 0.267 e. The summed E-state index contributed by atoms with van der Waals surface area (Å²) in [4.78, 5) is 14.9. The molecule has 0 saturated heterocycles. The molecule has 0 atom stereocenters. The Labute approximate surface area is 111 Å². The number of anilines is 2. The van der Waals surface area contributed by atoms with E-state index in [9.17, 15) is 13.2 Å². The molecule has 0 spiro atoms. The third-order valence-corrected chi connectivity index (χ3v) is 2.92. The van der Waals surface area contributed by atoms with Crippen LogP contribution in [0, 0.1) is 0 Å². The molecule has 106 valence electrons. The van der Waals surface area contributed by atoms with Gasteiger partial charge in [-0.1, -0.05) is 0 Å². The van der Waals surface area contributed by atoms with Gasteiger partial charge in [0.15, 0.2) is 0 Å². The van der Waals surface area contributed by atoms with Gasteiger partial charge in [-0.15, -0.1) is 0 Å². The Morgan fingerprint density at radius 2 is 2.05 bits per heavy atom. The van der Waals surface area contributed by atoms with Gasteiger partial charge >= 0.3 is 0 Å². The molecule has 0 aliphatic heterocycles. The first-order valence-electron chi connectivity index (χ1n) is 5.54. The number of carbonyl (C=O) groups excluding carboxylic acids is 1. The molecule has 9 heteroatoms. The maximum atomic E-state index is 11.0. The highest BCUT2D eigenvalue weighted by molar-refractivity contribution is 7.88. The van der Waals surface area contributed by atoms with Gasteiger partial charge in [0.2, 0.25) is 10.0 Å². The molecule has 1 aromatic heterocycles. The number of nitrogen functional groups attached to an aromatic ring is 1. The van der Waals surface area contributed by atoms with Crippen molar-refractivity contribution < 1.29 is 13.2 Å². The van der Waals surface area contributed by atoms with E-state index in [1.165, 1.54) is 12.1 Å². The third kappa shape index (κ3) is 5.53. The van der Waals surface area contributed by atoms with Crippen LogP contribution < -0.4 is 21.5 Å². The van der Waals surface area contributed by atoms with Crippen molar-refractivity contribution >= 4 is 27.4 Å². The largest absolute Gasteiger partial charge is 0.396 e. The van der Waals surface area contributed by atoms with E-state index in [0.717, 1.165) is 6.26 Å². The van der Waals surface area contributed by atoms with Gasteiger partial charge in [-0.05, 0) is 18.6 Å². The molecular formula is C10H17N5O3S. The second kappa shape index (κ2) is 6.34. The standard InChI is InChI=1S/C10H17N5O3S/c1-19(17,18)14-6-2-5-13-10-7(11)3-4-8(15-10)9(12)16/h3-4,14H,2,5-6,11H2,1H3,(H2,12,16)(H,13,15). The van der Waals surface area contributed by atoms with E-state index in [1.807, 2.05) is 0 Å². The first-order chi connectivity index (χ1) is 8.79. The highest BCUT2D eigenvalue weighted by Crippen LogP contribution is 2.15. The van der Waals surface area contributed by atoms with Gasteiger partial charge in [-0.3, -0.25) is 4.79 Å². The quantitative estimate of drug-likeness (QED) is 0.480. The lowest BCUT2D eigenvalue weighted by atomic mass is 10.3. The fraction of sp³-hybridized carbons (Fsp3) is 0.400. The number of primary amides is 1. The molecule has 0 aliphatic carbocycles. The molecule has 8 nitrogen and oxygen atoms in total. The predicted molar refractivity (Wildman–Crippen MR) is 73.1 cm³/mol. The number of nitrogens with two attached hydrogens (primary N) is 2. The van der Waals surface area contributed by atoms with Gasteiger partial charge in [0.1, 0.15) is 11.5 Å². The average molecular weight is 287 g/mol. The van der Waals surface area contributed by atoms with Crippen molar-refractivity contribution in [2.75, 3.05) is 30.4 Å². The average Bonchev–Trinajstić information content (AvgIpc) is 2.29. The topological polar surface area (TPSA) is 140 Å². The maximum Gasteiger partial charge on any atom is 0.267 e. The van der Waals surface area contributed by atoms with Gasteiger partial charge in [0, 0.05) is 13.1 Å². The number of amides is 1. The van der Waals surface area contributed by atoms with Crippen molar-refractivity contribution in [1.82, 2.24) is 9.71 Å². The number of hydrogen-bond donors (Lipinski definition) is 4. The van der Waals surface area contributed by atoms with Crippen LogP contribution in [0.5, 0.6) is 0 Å². The Kier molecular flexibility index (Phi) is 5.07. The van der Waals surface area contributed by atoms with E-state index in [0.29, 0.717) is 31.0 Å². The second-order valence-electron chi connectivity index (χ2n) is 3.95. The van der Waals surface area contributed by atoms with Crippen LogP contribution in [0.25, 0.3) is 0 Å². The zero-order valence-electron chi connectivity index (χ0n) is 10.5. The fourth-order valence-corrected chi connectivity index (χ4v) is 1.82. The minimum Gasteiger partial charge on any atom is -0.396 e. The summed E-state index contributed by atoms with van der Waals surface area (Å²) in [5.41, 5.74) is 11.3. The van der Waals surface area contributed by atoms with Crippen LogP contribution in [0.15, 0.2) is 12.1 Å². The first-order valence-corrected chi connectivity index (χ1v) is 7.43. The van der Waals surface area contributed by atoms with E-state index in [2.05, 4.69) is 15.0 Å². The predicted octanol–water partition coefficient (Wildman–Crippen LogP) is -0.886. The molecule has 19 heavy (non-hydrogen) atoms. The van der Waals surface area contributed by atoms with Crippen LogP contribution in [0.1, 0.15) is 16.9 Å². The number of pyridine rings is 1. The molecule has 0 aromatic carbocycles. The monoisotopic (exact) mass is 287 g/mol. The molecule has 1 aromatic rings. The highest BCUT2D eigenvalue weighted by atomic mass is 32.2. The molecular weight excluding hydrogens is 270 g/mol. The maximum absolute atomic E-state index is 11.0. The van der Waals surface area contributed by atoms with Gasteiger partial charge in [0.25, 0.3) is 5.91 Å². The molecule has 1 rings (SSSR count). The zero-order valence-corrected chi connectivity index (χ0v) is 11.3. The van der Waals surface area contributed by atoms with Crippen molar-refractivity contribution in [3.63, 3.8) is 0 Å². The summed E-state index contributed by atoms with van der Waals surface area (Å²) in [5.74, 6) is -0.280. The van der Waals surface area contributed by atoms with Gasteiger partial charge < -0.3 is 16.8 Å². The summed E-state index contributed by atoms with van der Waals surface area (Å²) < 4.78 is 24.0. The summed E-state index contributed by atoms with van der Waals surface area (Å²) in [6, 6.07) is 2.97. The molecule has 1 amide bonds.